The van der Waals surface area contributed by atoms with E-state index in [1.165, 1.54) is 12.8 Å². The highest BCUT2D eigenvalue weighted by molar-refractivity contribution is 5.31. The Labute approximate surface area is 103 Å². The molecule has 17 heavy (non-hydrogen) atoms. The zero-order valence-electron chi connectivity index (χ0n) is 10.6. The van der Waals surface area contributed by atoms with E-state index in [1.54, 1.807) is 7.11 Å². The molecular formula is C14H21NO2. The van der Waals surface area contributed by atoms with Crippen molar-refractivity contribution in [2.75, 3.05) is 13.7 Å². The second kappa shape index (κ2) is 4.96. The molecule has 1 aromatic rings. The van der Waals surface area contributed by atoms with Crippen molar-refractivity contribution in [2.45, 2.75) is 32.2 Å². The molecular weight excluding hydrogens is 214 g/mol. The van der Waals surface area contributed by atoms with E-state index in [2.05, 4.69) is 6.92 Å². The fraction of sp³-hybridized carbons (Fsp3) is 0.571. The van der Waals surface area contributed by atoms with Crippen LogP contribution in [-0.2, 0) is 0 Å². The van der Waals surface area contributed by atoms with Gasteiger partial charge < -0.3 is 15.2 Å². The van der Waals surface area contributed by atoms with E-state index in [0.717, 1.165) is 24.5 Å². The van der Waals surface area contributed by atoms with E-state index >= 15 is 0 Å². The maximum Gasteiger partial charge on any atom is 0.119 e. The first kappa shape index (κ1) is 12.2. The minimum Gasteiger partial charge on any atom is -0.497 e. The maximum absolute atomic E-state index is 5.98. The lowest BCUT2D eigenvalue weighted by Gasteiger charge is -2.19. The molecule has 1 fully saturated rings. The third-order valence-electron chi connectivity index (χ3n) is 3.79. The van der Waals surface area contributed by atoms with Crippen molar-refractivity contribution >= 4 is 0 Å². The molecule has 0 radical (unpaired) electrons. The van der Waals surface area contributed by atoms with Gasteiger partial charge in [-0.05, 0) is 55.9 Å². The van der Waals surface area contributed by atoms with Crippen molar-refractivity contribution in [3.05, 3.63) is 24.3 Å². The molecule has 1 aromatic carbocycles. The van der Waals surface area contributed by atoms with Gasteiger partial charge in [0.05, 0.1) is 13.7 Å². The van der Waals surface area contributed by atoms with Crippen molar-refractivity contribution in [1.82, 2.24) is 0 Å². The van der Waals surface area contributed by atoms with Crippen LogP contribution in [-0.4, -0.2) is 19.8 Å². The summed E-state index contributed by atoms with van der Waals surface area (Å²) in [5, 5.41) is 0. The van der Waals surface area contributed by atoms with Crippen LogP contribution in [0.4, 0.5) is 0 Å². The van der Waals surface area contributed by atoms with Gasteiger partial charge in [0.2, 0.25) is 0 Å². The van der Waals surface area contributed by atoms with E-state index in [0.29, 0.717) is 5.41 Å². The van der Waals surface area contributed by atoms with Crippen LogP contribution in [0.3, 0.4) is 0 Å². The van der Waals surface area contributed by atoms with E-state index in [9.17, 15) is 0 Å². The Morgan fingerprint density at radius 1 is 1.24 bits per heavy atom. The molecule has 0 aliphatic heterocycles. The predicted octanol–water partition coefficient (Wildman–Crippen LogP) is 2.59. The van der Waals surface area contributed by atoms with Gasteiger partial charge in [0.15, 0.2) is 0 Å². The molecule has 3 nitrogen and oxygen atoms in total. The van der Waals surface area contributed by atoms with E-state index < -0.39 is 0 Å². The Morgan fingerprint density at radius 3 is 2.29 bits per heavy atom. The van der Waals surface area contributed by atoms with Crippen molar-refractivity contribution in [1.29, 1.82) is 0 Å². The molecule has 0 heterocycles. The SMILES string of the molecule is COc1ccc(OCCC2(C(C)N)CC2)cc1. The minimum atomic E-state index is 0.280. The number of hydrogen-bond donors (Lipinski definition) is 1. The molecule has 0 bridgehead atoms. The average molecular weight is 235 g/mol. The first-order valence-corrected chi connectivity index (χ1v) is 6.19. The molecule has 94 valence electrons. The van der Waals surface area contributed by atoms with E-state index in [1.807, 2.05) is 24.3 Å². The fourth-order valence-electron chi connectivity index (χ4n) is 2.14. The topological polar surface area (TPSA) is 44.5 Å². The van der Waals surface area contributed by atoms with Gasteiger partial charge in [-0.2, -0.15) is 0 Å². The fourth-order valence-corrected chi connectivity index (χ4v) is 2.14. The molecule has 0 aromatic heterocycles. The van der Waals surface area contributed by atoms with Gasteiger partial charge in [-0.3, -0.25) is 0 Å². The van der Waals surface area contributed by atoms with Crippen LogP contribution >= 0.6 is 0 Å². The molecule has 0 spiro atoms. The van der Waals surface area contributed by atoms with Crippen molar-refractivity contribution < 1.29 is 9.47 Å². The smallest absolute Gasteiger partial charge is 0.119 e. The molecule has 1 unspecified atom stereocenters. The monoisotopic (exact) mass is 235 g/mol. The zero-order chi connectivity index (χ0) is 12.3. The maximum atomic E-state index is 5.98. The highest BCUT2D eigenvalue weighted by atomic mass is 16.5. The van der Waals surface area contributed by atoms with E-state index in [4.69, 9.17) is 15.2 Å². The van der Waals surface area contributed by atoms with E-state index in [-0.39, 0.29) is 6.04 Å². The number of benzene rings is 1. The summed E-state index contributed by atoms with van der Waals surface area (Å²) in [6.45, 7) is 2.84. The molecule has 1 atom stereocenters. The summed E-state index contributed by atoms with van der Waals surface area (Å²) in [6, 6.07) is 7.97. The Hall–Kier alpha value is -1.22. The number of rotatable bonds is 6. The highest BCUT2D eigenvalue weighted by Crippen LogP contribution is 2.50. The average Bonchev–Trinajstić information content (AvgIpc) is 3.11. The second-order valence-corrected chi connectivity index (χ2v) is 4.93. The minimum absolute atomic E-state index is 0.280. The first-order valence-electron chi connectivity index (χ1n) is 6.19. The Morgan fingerprint density at radius 2 is 1.82 bits per heavy atom. The third-order valence-corrected chi connectivity index (χ3v) is 3.79. The molecule has 0 amide bonds. The van der Waals surface area contributed by atoms with Gasteiger partial charge in [0.1, 0.15) is 11.5 Å². The summed E-state index contributed by atoms with van der Waals surface area (Å²) in [4.78, 5) is 0. The lowest BCUT2D eigenvalue weighted by Crippen LogP contribution is -2.29. The summed E-state index contributed by atoms with van der Waals surface area (Å²) in [7, 11) is 1.66. The summed E-state index contributed by atoms with van der Waals surface area (Å²) >= 11 is 0. The molecule has 1 aliphatic carbocycles. The van der Waals surface area contributed by atoms with Gasteiger partial charge >= 0.3 is 0 Å². The standard InChI is InChI=1S/C14H21NO2/c1-11(15)14(7-8-14)9-10-17-13-5-3-12(16-2)4-6-13/h3-6,11H,7-10,15H2,1-2H3. The van der Waals surface area contributed by atoms with Crippen LogP contribution in [0.1, 0.15) is 26.2 Å². The third kappa shape index (κ3) is 2.91. The van der Waals surface area contributed by atoms with Crippen molar-refractivity contribution in [2.24, 2.45) is 11.1 Å². The van der Waals surface area contributed by atoms with Crippen LogP contribution in [0.2, 0.25) is 0 Å². The summed E-state index contributed by atoms with van der Waals surface area (Å²) in [6.07, 6.45) is 3.55. The molecule has 1 saturated carbocycles. The first-order chi connectivity index (χ1) is 8.16. The lowest BCUT2D eigenvalue weighted by molar-refractivity contribution is 0.253. The van der Waals surface area contributed by atoms with Crippen molar-refractivity contribution in [3.63, 3.8) is 0 Å². The van der Waals surface area contributed by atoms with Gasteiger partial charge in [-0.15, -0.1) is 0 Å². The van der Waals surface area contributed by atoms with Gasteiger partial charge in [0.25, 0.3) is 0 Å². The largest absolute Gasteiger partial charge is 0.497 e. The quantitative estimate of drug-likeness (QED) is 0.824. The Bertz CT molecular complexity index is 355. The Kier molecular flexibility index (Phi) is 3.57. The van der Waals surface area contributed by atoms with Crippen LogP contribution in [0.25, 0.3) is 0 Å². The highest BCUT2D eigenvalue weighted by Gasteiger charge is 2.45. The molecule has 2 N–H and O–H groups in total. The number of ether oxygens (including phenoxy) is 2. The zero-order valence-corrected chi connectivity index (χ0v) is 10.6. The summed E-state index contributed by atoms with van der Waals surface area (Å²) in [5.41, 5.74) is 6.33. The lowest BCUT2D eigenvalue weighted by atomic mass is 9.95. The molecule has 0 saturated heterocycles. The molecule has 3 heteroatoms. The Balaban J connectivity index is 1.78. The second-order valence-electron chi connectivity index (χ2n) is 4.93. The van der Waals surface area contributed by atoms with Crippen LogP contribution in [0, 0.1) is 5.41 Å². The van der Waals surface area contributed by atoms with Gasteiger partial charge in [-0.25, -0.2) is 0 Å². The number of methoxy groups -OCH3 is 1. The van der Waals surface area contributed by atoms with Gasteiger partial charge in [-0.1, -0.05) is 0 Å². The van der Waals surface area contributed by atoms with Crippen molar-refractivity contribution in [3.8, 4) is 11.5 Å². The van der Waals surface area contributed by atoms with Crippen LogP contribution in [0.5, 0.6) is 11.5 Å². The predicted molar refractivity (Wildman–Crippen MR) is 68.4 cm³/mol. The van der Waals surface area contributed by atoms with Crippen LogP contribution in [0.15, 0.2) is 24.3 Å². The summed E-state index contributed by atoms with van der Waals surface area (Å²) in [5.74, 6) is 1.75. The number of nitrogens with two attached hydrogens (primary N) is 1. The number of hydrogen-bond acceptors (Lipinski definition) is 3. The van der Waals surface area contributed by atoms with Crippen LogP contribution < -0.4 is 15.2 Å². The molecule has 2 rings (SSSR count). The normalized spacial score (nSPS) is 18.5. The summed E-state index contributed by atoms with van der Waals surface area (Å²) < 4.78 is 10.8. The van der Waals surface area contributed by atoms with Gasteiger partial charge in [0, 0.05) is 6.04 Å². The molecule has 1 aliphatic rings.